The number of morpholine rings is 1. The van der Waals surface area contributed by atoms with Crippen molar-refractivity contribution < 1.29 is 14.5 Å². The van der Waals surface area contributed by atoms with Gasteiger partial charge in [-0.25, -0.2) is 4.68 Å². The maximum atomic E-state index is 13.1. The largest absolute Gasteiger partial charge is 0.378 e. The van der Waals surface area contributed by atoms with E-state index < -0.39 is 4.92 Å². The van der Waals surface area contributed by atoms with E-state index in [1.165, 1.54) is 12.1 Å². The molecule has 0 N–H and O–H groups in total. The quantitative estimate of drug-likeness (QED) is 0.514. The summed E-state index contributed by atoms with van der Waals surface area (Å²) in [7, 11) is 0. The molecule has 0 spiro atoms. The molecule has 1 fully saturated rings. The van der Waals surface area contributed by atoms with Gasteiger partial charge in [-0.3, -0.25) is 14.9 Å². The summed E-state index contributed by atoms with van der Waals surface area (Å²) in [4.78, 5) is 25.3. The van der Waals surface area contributed by atoms with E-state index in [1.54, 1.807) is 27.8 Å². The third kappa shape index (κ3) is 3.49. The van der Waals surface area contributed by atoms with Crippen LogP contribution in [-0.4, -0.2) is 51.8 Å². The first-order valence-corrected chi connectivity index (χ1v) is 8.91. The van der Waals surface area contributed by atoms with Gasteiger partial charge in [-0.2, -0.15) is 5.10 Å². The number of ether oxygens (including phenoxy) is 1. The number of carbonyl (C=O) groups is 1. The zero-order valence-electron chi connectivity index (χ0n) is 15.0. The Morgan fingerprint density at radius 1 is 1.04 bits per heavy atom. The van der Waals surface area contributed by atoms with Crippen LogP contribution in [0.4, 0.5) is 5.69 Å². The number of non-ortho nitro benzene ring substituents is 1. The monoisotopic (exact) mass is 378 g/mol. The molecule has 8 nitrogen and oxygen atoms in total. The van der Waals surface area contributed by atoms with E-state index in [0.717, 1.165) is 5.56 Å². The molecule has 28 heavy (non-hydrogen) atoms. The number of nitro benzene ring substituents is 1. The minimum atomic E-state index is -0.456. The van der Waals surface area contributed by atoms with Crippen molar-refractivity contribution in [3.05, 3.63) is 76.5 Å². The van der Waals surface area contributed by atoms with Crippen LogP contribution in [-0.2, 0) is 4.74 Å². The minimum Gasteiger partial charge on any atom is -0.378 e. The predicted molar refractivity (Wildman–Crippen MR) is 102 cm³/mol. The lowest BCUT2D eigenvalue weighted by Gasteiger charge is -2.26. The number of nitro groups is 1. The van der Waals surface area contributed by atoms with Crippen LogP contribution in [0.25, 0.3) is 16.9 Å². The van der Waals surface area contributed by atoms with Gasteiger partial charge in [-0.1, -0.05) is 30.3 Å². The second-order valence-electron chi connectivity index (χ2n) is 6.37. The molecule has 1 aliphatic rings. The van der Waals surface area contributed by atoms with Crippen molar-refractivity contribution in [2.75, 3.05) is 26.3 Å². The molecule has 1 aliphatic heterocycles. The zero-order valence-corrected chi connectivity index (χ0v) is 15.0. The summed E-state index contributed by atoms with van der Waals surface area (Å²) in [6, 6.07) is 17.3. The molecule has 0 atom stereocenters. The molecule has 3 aromatic rings. The maximum absolute atomic E-state index is 13.1. The number of amides is 1. The predicted octanol–water partition coefficient (Wildman–Crippen LogP) is 2.92. The Bertz CT molecular complexity index is 993. The summed E-state index contributed by atoms with van der Waals surface area (Å²) >= 11 is 0. The van der Waals surface area contributed by atoms with Crippen molar-refractivity contribution in [1.29, 1.82) is 0 Å². The first-order chi connectivity index (χ1) is 13.6. The highest BCUT2D eigenvalue weighted by Gasteiger charge is 2.24. The van der Waals surface area contributed by atoms with Crippen LogP contribution in [0.1, 0.15) is 10.5 Å². The van der Waals surface area contributed by atoms with Crippen molar-refractivity contribution in [1.82, 2.24) is 14.7 Å². The second-order valence-corrected chi connectivity index (χ2v) is 6.37. The summed E-state index contributed by atoms with van der Waals surface area (Å²) in [6.07, 6.45) is 0. The lowest BCUT2D eigenvalue weighted by molar-refractivity contribution is -0.384. The molecule has 1 aromatic heterocycles. The average Bonchev–Trinajstić information content (AvgIpc) is 3.20. The van der Waals surface area contributed by atoms with E-state index in [-0.39, 0.29) is 11.6 Å². The minimum absolute atomic E-state index is 0.0137. The fourth-order valence-electron chi connectivity index (χ4n) is 3.12. The van der Waals surface area contributed by atoms with Crippen LogP contribution >= 0.6 is 0 Å². The third-order valence-electron chi connectivity index (χ3n) is 4.60. The second kappa shape index (κ2) is 7.61. The molecule has 8 heteroatoms. The summed E-state index contributed by atoms with van der Waals surface area (Å²) in [6.45, 7) is 2.04. The summed E-state index contributed by atoms with van der Waals surface area (Å²) in [5.41, 5.74) is 2.54. The summed E-state index contributed by atoms with van der Waals surface area (Å²) in [5, 5.41) is 15.5. The van der Waals surface area contributed by atoms with E-state index in [2.05, 4.69) is 5.10 Å². The van der Waals surface area contributed by atoms with Crippen molar-refractivity contribution >= 4 is 11.6 Å². The summed E-state index contributed by atoms with van der Waals surface area (Å²) < 4.78 is 6.88. The molecule has 2 heterocycles. The molecule has 4 rings (SSSR count). The molecule has 142 valence electrons. The number of rotatable bonds is 4. The van der Waals surface area contributed by atoms with Gasteiger partial charge < -0.3 is 9.64 Å². The van der Waals surface area contributed by atoms with Gasteiger partial charge in [0.15, 0.2) is 0 Å². The molecule has 1 saturated heterocycles. The topological polar surface area (TPSA) is 90.5 Å². The first kappa shape index (κ1) is 17.9. The molecular weight excluding hydrogens is 360 g/mol. The Morgan fingerprint density at radius 3 is 2.36 bits per heavy atom. The van der Waals surface area contributed by atoms with Crippen LogP contribution in [0, 0.1) is 10.1 Å². The zero-order chi connectivity index (χ0) is 19.5. The van der Waals surface area contributed by atoms with Crippen LogP contribution < -0.4 is 0 Å². The van der Waals surface area contributed by atoms with E-state index in [0.29, 0.717) is 43.4 Å². The number of benzene rings is 2. The molecule has 1 amide bonds. The van der Waals surface area contributed by atoms with Crippen molar-refractivity contribution in [2.24, 2.45) is 0 Å². The van der Waals surface area contributed by atoms with Crippen molar-refractivity contribution in [3.63, 3.8) is 0 Å². The first-order valence-electron chi connectivity index (χ1n) is 8.91. The van der Waals surface area contributed by atoms with Gasteiger partial charge in [0.25, 0.3) is 11.6 Å². The van der Waals surface area contributed by atoms with Gasteiger partial charge in [-0.05, 0) is 18.2 Å². The highest BCUT2D eigenvalue weighted by Crippen LogP contribution is 2.24. The Hall–Kier alpha value is -3.52. The third-order valence-corrected chi connectivity index (χ3v) is 4.60. The molecule has 0 bridgehead atoms. The van der Waals surface area contributed by atoms with Crippen LogP contribution in [0.5, 0.6) is 0 Å². The van der Waals surface area contributed by atoms with Gasteiger partial charge in [0.2, 0.25) is 0 Å². The molecule has 2 aromatic carbocycles. The van der Waals surface area contributed by atoms with Gasteiger partial charge in [-0.15, -0.1) is 0 Å². The van der Waals surface area contributed by atoms with E-state index in [9.17, 15) is 14.9 Å². The Balaban J connectivity index is 1.77. The lowest BCUT2D eigenvalue weighted by atomic mass is 10.1. The molecule has 0 radical (unpaired) electrons. The number of hydrogen-bond acceptors (Lipinski definition) is 5. The number of aromatic nitrogens is 2. The van der Waals surface area contributed by atoms with E-state index >= 15 is 0 Å². The maximum Gasteiger partial charge on any atom is 0.272 e. The van der Waals surface area contributed by atoms with Crippen LogP contribution in [0.2, 0.25) is 0 Å². The molecule has 0 aliphatic carbocycles. The average molecular weight is 378 g/mol. The molecular formula is C20H18N4O4. The molecule has 0 saturated carbocycles. The van der Waals surface area contributed by atoms with E-state index in [4.69, 9.17) is 4.74 Å². The van der Waals surface area contributed by atoms with Crippen LogP contribution in [0.3, 0.4) is 0 Å². The summed E-state index contributed by atoms with van der Waals surface area (Å²) in [5.74, 6) is -0.142. The van der Waals surface area contributed by atoms with Gasteiger partial charge in [0.05, 0.1) is 29.5 Å². The van der Waals surface area contributed by atoms with Crippen molar-refractivity contribution in [2.45, 2.75) is 0 Å². The van der Waals surface area contributed by atoms with Crippen LogP contribution in [0.15, 0.2) is 60.7 Å². The number of nitrogens with zero attached hydrogens (tertiary/aromatic N) is 4. The van der Waals surface area contributed by atoms with Gasteiger partial charge >= 0.3 is 0 Å². The highest BCUT2D eigenvalue weighted by molar-refractivity contribution is 5.94. The number of hydrogen-bond donors (Lipinski definition) is 0. The SMILES string of the molecule is O=C(c1cc(-c2ccccc2)nn1-c1ccc([N+](=O)[O-])cc1)N1CCOCC1. The standard InChI is InChI=1S/C20H18N4O4/c25-20(22-10-12-28-13-11-22)19-14-18(15-4-2-1-3-5-15)21-23(19)16-6-8-17(9-7-16)24(26)27/h1-9,14H,10-13H2. The Labute approximate surface area is 161 Å². The Morgan fingerprint density at radius 2 is 1.71 bits per heavy atom. The smallest absolute Gasteiger partial charge is 0.272 e. The normalized spacial score (nSPS) is 14.1. The molecule has 0 unspecified atom stereocenters. The fourth-order valence-corrected chi connectivity index (χ4v) is 3.12. The van der Waals surface area contributed by atoms with Gasteiger partial charge in [0, 0.05) is 30.8 Å². The highest BCUT2D eigenvalue weighted by atomic mass is 16.6. The van der Waals surface area contributed by atoms with E-state index in [1.807, 2.05) is 30.3 Å². The Kier molecular flexibility index (Phi) is 4.86. The van der Waals surface area contributed by atoms with Gasteiger partial charge in [0.1, 0.15) is 5.69 Å². The fraction of sp³-hybridized carbons (Fsp3) is 0.200. The lowest BCUT2D eigenvalue weighted by Crippen LogP contribution is -2.41. The van der Waals surface area contributed by atoms with Crippen molar-refractivity contribution in [3.8, 4) is 16.9 Å². The number of carbonyl (C=O) groups excluding carboxylic acids is 1.